The van der Waals surface area contributed by atoms with Gasteiger partial charge in [-0.1, -0.05) is 96.3 Å². The minimum absolute atomic E-state index is 0. The Labute approximate surface area is 142 Å². The quantitative estimate of drug-likeness (QED) is 0.492. The Hall–Kier alpha value is 1.52. The Morgan fingerprint density at radius 1 is 0.188 bits per heavy atom. The summed E-state index contributed by atoms with van der Waals surface area (Å²) >= 11 is 0. The second-order valence-electron chi connectivity index (χ2n) is 5.30. The monoisotopic (exact) mass is 384 g/mol. The van der Waals surface area contributed by atoms with Crippen LogP contribution in [0, 0.1) is 46.9 Å². The van der Waals surface area contributed by atoms with E-state index in [2.05, 4.69) is 0 Å². The Kier molecular flexibility index (Phi) is 16.0. The van der Waals surface area contributed by atoms with E-state index in [4.69, 9.17) is 0 Å². The van der Waals surface area contributed by atoms with Crippen molar-refractivity contribution in [3.8, 4) is 0 Å². The van der Waals surface area contributed by atoms with Crippen molar-refractivity contribution in [2.75, 3.05) is 0 Å². The van der Waals surface area contributed by atoms with Gasteiger partial charge < -0.3 is 0 Å². The molecule has 0 aromatic carbocycles. The zero-order valence-corrected chi connectivity index (χ0v) is 12.6. The normalized spacial score (nSPS) is 22.5. The van der Waals surface area contributed by atoms with E-state index in [-0.39, 0.29) is 46.9 Å². The summed E-state index contributed by atoms with van der Waals surface area (Å²) in [7, 11) is 0. The minimum Gasteiger partial charge on any atom is -0.0533 e. The van der Waals surface area contributed by atoms with Crippen molar-refractivity contribution in [1.29, 1.82) is 0 Å². The molecule has 3 aliphatic carbocycles. The molecule has 0 heterocycles. The molecule has 0 unspecified atom stereocenters. The van der Waals surface area contributed by atoms with E-state index < -0.39 is 0 Å². The van der Waals surface area contributed by atoms with Crippen LogP contribution < -0.4 is 0 Å². The van der Waals surface area contributed by atoms with Gasteiger partial charge in [0.2, 0.25) is 0 Å². The van der Waals surface area contributed by atoms with Crippen molar-refractivity contribution in [3.63, 3.8) is 0 Å². The molecule has 0 nitrogen and oxygen atoms in total. The van der Waals surface area contributed by atoms with Gasteiger partial charge in [0.05, 0.1) is 0 Å². The van der Waals surface area contributed by atoms with Crippen LogP contribution in [0.15, 0.2) is 0 Å². The third-order valence-corrected chi connectivity index (χ3v) is 3.75. The van der Waals surface area contributed by atoms with Crippen molar-refractivity contribution >= 4 is 0 Å². The molecule has 3 rings (SSSR count). The fraction of sp³-hybridized carbons (Fsp3) is 1.00. The van der Waals surface area contributed by atoms with Gasteiger partial charge in [-0.25, -0.2) is 0 Å². The van der Waals surface area contributed by atoms with E-state index in [1.807, 2.05) is 0 Å². The molecule has 0 aliphatic heterocycles. The van der Waals surface area contributed by atoms with Gasteiger partial charge in [0.15, 0.2) is 0 Å². The van der Waals surface area contributed by atoms with Gasteiger partial charge in [0, 0.05) is 46.9 Å². The molecule has 0 atom stereocenters. The zero-order chi connectivity index (χ0) is 10.6. The van der Waals surface area contributed by atoms with Crippen LogP contribution >= 0.6 is 0 Å². The van der Waals surface area contributed by atoms with Crippen LogP contribution in [0.5, 0.6) is 0 Å². The largest absolute Gasteiger partial charge is 0.0533 e. The van der Waals surface area contributed by atoms with Crippen LogP contribution in [0.4, 0.5) is 0 Å². The van der Waals surface area contributed by atoms with E-state index in [0.29, 0.717) is 0 Å². The second-order valence-corrected chi connectivity index (χ2v) is 5.30. The standard InChI is InChI=1S/3C5H10.Yb/c3*1-2-4-5-3-1;/h3*1-5H2;. The molecule has 0 aromatic rings. The number of hydrogen-bond acceptors (Lipinski definition) is 0. The van der Waals surface area contributed by atoms with Crippen molar-refractivity contribution in [2.45, 2.75) is 96.3 Å². The van der Waals surface area contributed by atoms with Crippen LogP contribution in [0.2, 0.25) is 0 Å². The molecule has 3 fully saturated rings. The van der Waals surface area contributed by atoms with Gasteiger partial charge in [0.25, 0.3) is 0 Å². The number of rotatable bonds is 0. The third kappa shape index (κ3) is 12.0. The average molecular weight is 383 g/mol. The second kappa shape index (κ2) is 14.6. The van der Waals surface area contributed by atoms with Gasteiger partial charge in [-0.3, -0.25) is 0 Å². The van der Waals surface area contributed by atoms with Crippen LogP contribution in [-0.4, -0.2) is 0 Å². The first-order chi connectivity index (χ1) is 7.50. The Morgan fingerprint density at radius 3 is 0.312 bits per heavy atom. The maximum atomic E-state index is 1.50. The molecule has 16 heavy (non-hydrogen) atoms. The molecule has 0 bridgehead atoms. The molecule has 0 aromatic heterocycles. The third-order valence-electron chi connectivity index (χ3n) is 3.75. The number of hydrogen-bond donors (Lipinski definition) is 0. The van der Waals surface area contributed by atoms with Crippen molar-refractivity contribution in [2.24, 2.45) is 0 Å². The SMILES string of the molecule is C1CCCC1.C1CCCC1.C1CCCC1.[Yb]. The summed E-state index contributed by atoms with van der Waals surface area (Å²) in [4.78, 5) is 0. The Morgan fingerprint density at radius 2 is 0.250 bits per heavy atom. The summed E-state index contributed by atoms with van der Waals surface area (Å²) < 4.78 is 0. The fourth-order valence-corrected chi connectivity index (χ4v) is 2.65. The van der Waals surface area contributed by atoms with Crippen LogP contribution in [0.3, 0.4) is 0 Å². The van der Waals surface area contributed by atoms with Gasteiger partial charge in [-0.15, -0.1) is 0 Å². The first-order valence-corrected chi connectivity index (χ1v) is 7.50. The topological polar surface area (TPSA) is 0 Å². The summed E-state index contributed by atoms with van der Waals surface area (Å²) in [5, 5.41) is 0. The average Bonchev–Trinajstić information content (AvgIpc) is 3.09. The molecule has 3 aliphatic rings. The molecule has 0 spiro atoms. The molecular weight excluding hydrogens is 353 g/mol. The Bertz CT molecular complexity index is 64.0. The first-order valence-electron chi connectivity index (χ1n) is 7.50. The molecule has 0 saturated heterocycles. The van der Waals surface area contributed by atoms with E-state index in [0.717, 1.165) is 0 Å². The maximum Gasteiger partial charge on any atom is 0 e. The van der Waals surface area contributed by atoms with E-state index >= 15 is 0 Å². The molecular formula is C15H30Yb. The predicted octanol–water partition coefficient (Wildman–Crippen LogP) is 5.85. The van der Waals surface area contributed by atoms with Crippen LogP contribution in [0.1, 0.15) is 96.3 Å². The minimum atomic E-state index is 0. The van der Waals surface area contributed by atoms with Crippen LogP contribution in [0.25, 0.3) is 0 Å². The van der Waals surface area contributed by atoms with Crippen LogP contribution in [-0.2, 0) is 0 Å². The molecule has 0 N–H and O–H groups in total. The van der Waals surface area contributed by atoms with Gasteiger partial charge in [0.1, 0.15) is 0 Å². The summed E-state index contributed by atoms with van der Waals surface area (Å²) in [5.74, 6) is 0. The van der Waals surface area contributed by atoms with E-state index in [9.17, 15) is 0 Å². The van der Waals surface area contributed by atoms with Crippen molar-refractivity contribution in [3.05, 3.63) is 0 Å². The van der Waals surface area contributed by atoms with Gasteiger partial charge in [-0.05, 0) is 0 Å². The fourth-order valence-electron chi connectivity index (χ4n) is 2.65. The van der Waals surface area contributed by atoms with Crippen molar-refractivity contribution in [1.82, 2.24) is 0 Å². The van der Waals surface area contributed by atoms with Gasteiger partial charge in [-0.2, -0.15) is 0 Å². The molecule has 104 valence electrons. The summed E-state index contributed by atoms with van der Waals surface area (Å²) in [5.41, 5.74) is 0. The van der Waals surface area contributed by atoms with E-state index in [1.54, 1.807) is 0 Å². The first kappa shape index (κ1) is 17.5. The Balaban J connectivity index is 0.000000205. The summed E-state index contributed by atoms with van der Waals surface area (Å²) in [6, 6.07) is 0. The molecule has 0 radical (unpaired) electrons. The predicted molar refractivity (Wildman–Crippen MR) is 69.3 cm³/mol. The molecule has 1 heteroatoms. The van der Waals surface area contributed by atoms with E-state index in [1.165, 1.54) is 96.3 Å². The molecule has 0 amide bonds. The summed E-state index contributed by atoms with van der Waals surface area (Å²) in [6.45, 7) is 0. The van der Waals surface area contributed by atoms with Crippen molar-refractivity contribution < 1.29 is 46.9 Å². The zero-order valence-electron chi connectivity index (χ0n) is 10.9. The van der Waals surface area contributed by atoms with Gasteiger partial charge >= 0.3 is 0 Å². The maximum absolute atomic E-state index is 1.50. The molecule has 3 saturated carbocycles. The smallest absolute Gasteiger partial charge is 0 e. The summed E-state index contributed by atoms with van der Waals surface area (Å²) in [6.07, 6.45) is 22.5.